The largest absolute Gasteiger partial charge is 0.389 e. The van der Waals surface area contributed by atoms with Crippen molar-refractivity contribution < 1.29 is 5.11 Å². The first-order valence-corrected chi connectivity index (χ1v) is 8.26. The molecule has 0 aromatic carbocycles. The Morgan fingerprint density at radius 1 is 1.37 bits per heavy atom. The molecule has 1 aromatic heterocycles. The van der Waals surface area contributed by atoms with Crippen LogP contribution in [0.15, 0.2) is 5.38 Å². The van der Waals surface area contributed by atoms with E-state index in [1.54, 1.807) is 11.3 Å². The molecule has 0 aliphatic heterocycles. The zero-order valence-corrected chi connectivity index (χ0v) is 13.7. The van der Waals surface area contributed by atoms with Gasteiger partial charge >= 0.3 is 0 Å². The van der Waals surface area contributed by atoms with Gasteiger partial charge in [-0.15, -0.1) is 11.3 Å². The molecule has 1 fully saturated rings. The van der Waals surface area contributed by atoms with Crippen LogP contribution in [0, 0.1) is 11.8 Å². The van der Waals surface area contributed by atoms with E-state index in [0.29, 0.717) is 11.8 Å². The van der Waals surface area contributed by atoms with Gasteiger partial charge in [-0.3, -0.25) is 0 Å². The highest BCUT2D eigenvalue weighted by Crippen LogP contribution is 2.39. The second-order valence-electron chi connectivity index (χ2n) is 7.44. The minimum Gasteiger partial charge on any atom is -0.389 e. The van der Waals surface area contributed by atoms with Crippen molar-refractivity contribution in [1.82, 2.24) is 4.98 Å². The lowest BCUT2D eigenvalue weighted by Crippen LogP contribution is -2.43. The number of rotatable bonds is 2. The summed E-state index contributed by atoms with van der Waals surface area (Å²) in [5.74, 6) is 1.01. The molecular formula is C16H27NOS. The van der Waals surface area contributed by atoms with Crippen molar-refractivity contribution in [1.29, 1.82) is 0 Å². The Morgan fingerprint density at radius 3 is 2.63 bits per heavy atom. The van der Waals surface area contributed by atoms with E-state index in [1.807, 2.05) is 0 Å². The third kappa shape index (κ3) is 3.38. The first kappa shape index (κ1) is 15.0. The zero-order valence-electron chi connectivity index (χ0n) is 12.9. The van der Waals surface area contributed by atoms with Crippen LogP contribution < -0.4 is 0 Å². The van der Waals surface area contributed by atoms with E-state index in [1.165, 1.54) is 6.42 Å². The van der Waals surface area contributed by atoms with Gasteiger partial charge in [0, 0.05) is 17.2 Å². The molecule has 1 aromatic rings. The van der Waals surface area contributed by atoms with Crippen molar-refractivity contribution in [2.24, 2.45) is 11.8 Å². The van der Waals surface area contributed by atoms with Crippen molar-refractivity contribution in [2.75, 3.05) is 0 Å². The molecule has 3 heteroatoms. The standard InChI is InChI=1S/C16H27NOS/c1-11-6-7-12(2)16(18,8-11)9-14-17-13(10-19-14)15(3,4)5/h10-12,18H,6-9H2,1-5H3. The van der Waals surface area contributed by atoms with E-state index in [2.05, 4.69) is 40.0 Å². The molecule has 1 saturated carbocycles. The molecule has 0 bridgehead atoms. The highest BCUT2D eigenvalue weighted by atomic mass is 32.1. The molecule has 0 radical (unpaired) electrons. The predicted octanol–water partition coefficient (Wildman–Crippen LogP) is 4.17. The number of thiazole rings is 1. The third-order valence-corrected chi connectivity index (χ3v) is 5.34. The fourth-order valence-electron chi connectivity index (χ4n) is 2.95. The van der Waals surface area contributed by atoms with Gasteiger partial charge in [-0.25, -0.2) is 4.98 Å². The molecule has 1 aliphatic carbocycles. The smallest absolute Gasteiger partial charge is 0.0957 e. The zero-order chi connectivity index (χ0) is 14.3. The maximum Gasteiger partial charge on any atom is 0.0957 e. The summed E-state index contributed by atoms with van der Waals surface area (Å²) >= 11 is 1.70. The lowest BCUT2D eigenvalue weighted by atomic mass is 9.70. The highest BCUT2D eigenvalue weighted by Gasteiger charge is 2.39. The summed E-state index contributed by atoms with van der Waals surface area (Å²) in [5, 5.41) is 14.2. The van der Waals surface area contributed by atoms with E-state index in [9.17, 15) is 5.11 Å². The molecular weight excluding hydrogens is 254 g/mol. The maximum atomic E-state index is 10.9. The quantitative estimate of drug-likeness (QED) is 0.882. The van der Waals surface area contributed by atoms with E-state index in [0.717, 1.165) is 30.0 Å². The molecule has 19 heavy (non-hydrogen) atoms. The Balaban J connectivity index is 2.13. The fraction of sp³-hybridized carbons (Fsp3) is 0.812. The number of hydrogen-bond acceptors (Lipinski definition) is 3. The van der Waals surface area contributed by atoms with E-state index in [-0.39, 0.29) is 5.41 Å². The van der Waals surface area contributed by atoms with E-state index in [4.69, 9.17) is 4.98 Å². The molecule has 1 N–H and O–H groups in total. The minimum absolute atomic E-state index is 0.100. The Hall–Kier alpha value is -0.410. The van der Waals surface area contributed by atoms with E-state index < -0.39 is 5.60 Å². The van der Waals surface area contributed by atoms with Crippen LogP contribution in [0.25, 0.3) is 0 Å². The van der Waals surface area contributed by atoms with Crippen LogP contribution in [-0.2, 0) is 11.8 Å². The third-order valence-electron chi connectivity index (χ3n) is 4.49. The molecule has 2 nitrogen and oxygen atoms in total. The summed E-state index contributed by atoms with van der Waals surface area (Å²) in [6.45, 7) is 11.0. The molecule has 108 valence electrons. The van der Waals surface area contributed by atoms with Gasteiger partial charge in [-0.2, -0.15) is 0 Å². The molecule has 0 amide bonds. The number of aliphatic hydroxyl groups is 1. The second-order valence-corrected chi connectivity index (χ2v) is 8.39. The Kier molecular flexibility index (Phi) is 4.08. The van der Waals surface area contributed by atoms with Crippen LogP contribution in [0.2, 0.25) is 0 Å². The summed E-state index contributed by atoms with van der Waals surface area (Å²) in [4.78, 5) is 4.74. The van der Waals surface area contributed by atoms with Crippen molar-refractivity contribution in [3.05, 3.63) is 16.1 Å². The summed E-state index contributed by atoms with van der Waals surface area (Å²) in [6.07, 6.45) is 4.02. The van der Waals surface area contributed by atoms with Gasteiger partial charge in [-0.1, -0.05) is 41.0 Å². The molecule has 0 saturated heterocycles. The van der Waals surface area contributed by atoms with Crippen LogP contribution in [-0.4, -0.2) is 15.7 Å². The summed E-state index contributed by atoms with van der Waals surface area (Å²) in [6, 6.07) is 0. The van der Waals surface area contributed by atoms with Crippen molar-refractivity contribution in [3.8, 4) is 0 Å². The fourth-order valence-corrected chi connectivity index (χ4v) is 4.09. The molecule has 0 spiro atoms. The molecule has 1 heterocycles. The Labute approximate surface area is 121 Å². The number of nitrogens with zero attached hydrogens (tertiary/aromatic N) is 1. The van der Waals surface area contributed by atoms with Crippen LogP contribution in [0.4, 0.5) is 0 Å². The number of hydrogen-bond donors (Lipinski definition) is 1. The lowest BCUT2D eigenvalue weighted by Gasteiger charge is -2.40. The normalized spacial score (nSPS) is 32.5. The topological polar surface area (TPSA) is 33.1 Å². The van der Waals surface area contributed by atoms with Gasteiger partial charge in [0.05, 0.1) is 16.3 Å². The van der Waals surface area contributed by atoms with Crippen LogP contribution >= 0.6 is 11.3 Å². The van der Waals surface area contributed by atoms with Crippen LogP contribution in [0.3, 0.4) is 0 Å². The van der Waals surface area contributed by atoms with Crippen molar-refractivity contribution in [2.45, 2.75) is 71.3 Å². The molecule has 3 unspecified atom stereocenters. The van der Waals surface area contributed by atoms with Gasteiger partial charge in [0.2, 0.25) is 0 Å². The highest BCUT2D eigenvalue weighted by molar-refractivity contribution is 7.09. The summed E-state index contributed by atoms with van der Waals surface area (Å²) in [7, 11) is 0. The van der Waals surface area contributed by atoms with Gasteiger partial charge in [0.25, 0.3) is 0 Å². The van der Waals surface area contributed by atoms with Gasteiger partial charge in [0.15, 0.2) is 0 Å². The maximum absolute atomic E-state index is 10.9. The molecule has 3 atom stereocenters. The van der Waals surface area contributed by atoms with Gasteiger partial charge in [0.1, 0.15) is 0 Å². The van der Waals surface area contributed by atoms with Crippen LogP contribution in [0.1, 0.15) is 64.6 Å². The average molecular weight is 281 g/mol. The van der Waals surface area contributed by atoms with E-state index >= 15 is 0 Å². The minimum atomic E-state index is -0.551. The Morgan fingerprint density at radius 2 is 2.05 bits per heavy atom. The van der Waals surface area contributed by atoms with Crippen LogP contribution in [0.5, 0.6) is 0 Å². The second kappa shape index (κ2) is 5.17. The lowest BCUT2D eigenvalue weighted by molar-refractivity contribution is -0.0560. The number of aromatic nitrogens is 1. The summed E-state index contributed by atoms with van der Waals surface area (Å²) in [5.41, 5.74) is 0.695. The van der Waals surface area contributed by atoms with Gasteiger partial charge in [-0.05, 0) is 24.7 Å². The first-order chi connectivity index (χ1) is 8.71. The predicted molar refractivity (Wildman–Crippen MR) is 81.6 cm³/mol. The monoisotopic (exact) mass is 281 g/mol. The van der Waals surface area contributed by atoms with Crippen molar-refractivity contribution in [3.63, 3.8) is 0 Å². The SMILES string of the molecule is CC1CCC(C)C(O)(Cc2nc(C(C)(C)C)cs2)C1. The van der Waals surface area contributed by atoms with Gasteiger partial charge < -0.3 is 5.11 Å². The first-order valence-electron chi connectivity index (χ1n) is 7.38. The summed E-state index contributed by atoms with van der Waals surface area (Å²) < 4.78 is 0. The molecule has 2 rings (SSSR count). The molecule has 1 aliphatic rings. The Bertz CT molecular complexity index is 434. The van der Waals surface area contributed by atoms with Crippen molar-refractivity contribution >= 4 is 11.3 Å². The average Bonchev–Trinajstić information content (AvgIpc) is 2.71.